The van der Waals surface area contributed by atoms with Gasteiger partial charge in [0, 0.05) is 51.4 Å². The Morgan fingerprint density at radius 3 is 2.84 bits per heavy atom. The van der Waals surface area contributed by atoms with Crippen molar-refractivity contribution in [3.63, 3.8) is 0 Å². The zero-order valence-corrected chi connectivity index (χ0v) is 15.5. The van der Waals surface area contributed by atoms with Crippen molar-refractivity contribution >= 4 is 5.91 Å². The molecule has 0 spiro atoms. The van der Waals surface area contributed by atoms with E-state index in [0.29, 0.717) is 18.4 Å². The molecule has 1 atom stereocenters. The summed E-state index contributed by atoms with van der Waals surface area (Å²) in [6, 6.07) is 0.187. The van der Waals surface area contributed by atoms with E-state index in [1.54, 1.807) is 13.1 Å². The molecule has 1 fully saturated rings. The first-order valence-corrected chi connectivity index (χ1v) is 8.84. The zero-order valence-electron chi connectivity index (χ0n) is 15.5. The van der Waals surface area contributed by atoms with Crippen LogP contribution in [0.1, 0.15) is 50.6 Å². The van der Waals surface area contributed by atoms with Gasteiger partial charge in [0.25, 0.3) is 0 Å². The summed E-state index contributed by atoms with van der Waals surface area (Å²) in [5.41, 5.74) is 0. The average Bonchev–Trinajstić information content (AvgIpc) is 3.27. The molecule has 1 aliphatic heterocycles. The summed E-state index contributed by atoms with van der Waals surface area (Å²) in [5, 5.41) is 0. The fraction of sp³-hybridized carbons (Fsp3) is 0.611. The van der Waals surface area contributed by atoms with Gasteiger partial charge in [-0.1, -0.05) is 13.8 Å². The molecular weight excluding hydrogens is 318 g/mol. The van der Waals surface area contributed by atoms with Gasteiger partial charge in [-0.2, -0.15) is 0 Å². The number of imidazole rings is 1. The Labute approximate surface area is 148 Å². The van der Waals surface area contributed by atoms with Gasteiger partial charge in [0.1, 0.15) is 11.6 Å². The van der Waals surface area contributed by atoms with Crippen molar-refractivity contribution in [1.82, 2.24) is 24.3 Å². The van der Waals surface area contributed by atoms with Crippen LogP contribution in [0.5, 0.6) is 0 Å². The lowest BCUT2D eigenvalue weighted by Crippen LogP contribution is -2.40. The van der Waals surface area contributed by atoms with Crippen molar-refractivity contribution in [3.05, 3.63) is 36.1 Å². The number of rotatable bonds is 6. The minimum Gasteiger partial charge on any atom is -0.444 e. The van der Waals surface area contributed by atoms with E-state index in [9.17, 15) is 4.79 Å². The van der Waals surface area contributed by atoms with Crippen molar-refractivity contribution in [1.29, 1.82) is 0 Å². The Morgan fingerprint density at radius 2 is 2.24 bits per heavy atom. The van der Waals surface area contributed by atoms with Gasteiger partial charge in [0.05, 0.1) is 19.3 Å². The summed E-state index contributed by atoms with van der Waals surface area (Å²) >= 11 is 0. The summed E-state index contributed by atoms with van der Waals surface area (Å²) in [6.07, 6.45) is 6.50. The van der Waals surface area contributed by atoms with Crippen molar-refractivity contribution in [2.24, 2.45) is 7.05 Å². The molecule has 3 heterocycles. The van der Waals surface area contributed by atoms with Crippen LogP contribution in [-0.2, 0) is 24.9 Å². The molecule has 0 bridgehead atoms. The average molecular weight is 345 g/mol. The predicted octanol–water partition coefficient (Wildman–Crippen LogP) is 2.15. The Hall–Kier alpha value is -2.15. The number of nitrogens with zero attached hydrogens (tertiary/aromatic N) is 5. The van der Waals surface area contributed by atoms with Crippen molar-refractivity contribution in [2.75, 3.05) is 13.1 Å². The zero-order chi connectivity index (χ0) is 18.0. The second kappa shape index (κ2) is 7.39. The molecule has 0 aromatic carbocycles. The summed E-state index contributed by atoms with van der Waals surface area (Å²) in [6.45, 7) is 8.81. The quantitative estimate of drug-likeness (QED) is 0.802. The largest absolute Gasteiger partial charge is 0.444 e. The second-order valence-electron chi connectivity index (χ2n) is 7.09. The summed E-state index contributed by atoms with van der Waals surface area (Å²) < 4.78 is 7.82. The summed E-state index contributed by atoms with van der Waals surface area (Å²) in [5.74, 6) is 2.88. The van der Waals surface area contributed by atoms with E-state index in [4.69, 9.17) is 4.42 Å². The smallest absolute Gasteiger partial charge is 0.220 e. The lowest BCUT2D eigenvalue weighted by molar-refractivity contribution is -0.132. The molecule has 7 nitrogen and oxygen atoms in total. The molecule has 3 rings (SSSR count). The first-order chi connectivity index (χ1) is 11.9. The summed E-state index contributed by atoms with van der Waals surface area (Å²) in [4.78, 5) is 25.1. The monoisotopic (exact) mass is 345 g/mol. The highest BCUT2D eigenvalue weighted by Gasteiger charge is 2.30. The predicted molar refractivity (Wildman–Crippen MR) is 93.7 cm³/mol. The van der Waals surface area contributed by atoms with E-state index in [1.807, 2.05) is 28.9 Å². The van der Waals surface area contributed by atoms with Crippen LogP contribution in [0.4, 0.5) is 0 Å². The number of hydrogen-bond donors (Lipinski definition) is 0. The van der Waals surface area contributed by atoms with Crippen LogP contribution in [0.2, 0.25) is 0 Å². The molecule has 0 saturated carbocycles. The molecule has 136 valence electrons. The van der Waals surface area contributed by atoms with Gasteiger partial charge < -0.3 is 13.9 Å². The van der Waals surface area contributed by atoms with Crippen LogP contribution in [0.25, 0.3) is 0 Å². The fourth-order valence-corrected chi connectivity index (χ4v) is 3.27. The Balaban J connectivity index is 1.63. The van der Waals surface area contributed by atoms with E-state index in [1.165, 1.54) is 0 Å². The van der Waals surface area contributed by atoms with Crippen LogP contribution >= 0.6 is 0 Å². The number of oxazole rings is 1. The number of likely N-dealkylation sites (tertiary alicyclic amines) is 1. The van der Waals surface area contributed by atoms with Crippen LogP contribution < -0.4 is 0 Å². The fourth-order valence-electron chi connectivity index (χ4n) is 3.27. The number of carbonyl (C=O) groups is 1. The molecule has 1 unspecified atom stereocenters. The molecule has 0 N–H and O–H groups in total. The van der Waals surface area contributed by atoms with Crippen LogP contribution in [-0.4, -0.2) is 49.4 Å². The van der Waals surface area contributed by atoms with E-state index >= 15 is 0 Å². The molecule has 2 aromatic rings. The maximum absolute atomic E-state index is 12.2. The van der Waals surface area contributed by atoms with Crippen LogP contribution in [0.15, 0.2) is 23.0 Å². The van der Waals surface area contributed by atoms with E-state index in [2.05, 4.69) is 28.7 Å². The number of aryl methyl sites for hydroxylation is 1. The first-order valence-electron chi connectivity index (χ1n) is 8.84. The molecule has 1 saturated heterocycles. The van der Waals surface area contributed by atoms with E-state index < -0.39 is 0 Å². The molecule has 25 heavy (non-hydrogen) atoms. The summed E-state index contributed by atoms with van der Waals surface area (Å²) in [7, 11) is 2.01. The third kappa shape index (κ3) is 4.10. The Kier molecular flexibility index (Phi) is 5.22. The lowest BCUT2D eigenvalue weighted by Gasteiger charge is -2.27. The van der Waals surface area contributed by atoms with Gasteiger partial charge in [-0.05, 0) is 6.42 Å². The molecule has 7 heteroatoms. The van der Waals surface area contributed by atoms with Gasteiger partial charge in [-0.3, -0.25) is 9.69 Å². The van der Waals surface area contributed by atoms with E-state index in [-0.39, 0.29) is 11.9 Å². The van der Waals surface area contributed by atoms with Gasteiger partial charge in [-0.25, -0.2) is 9.97 Å². The number of hydrogen-bond acceptors (Lipinski definition) is 5. The Morgan fingerprint density at radius 1 is 1.44 bits per heavy atom. The maximum atomic E-state index is 12.2. The van der Waals surface area contributed by atoms with Crippen LogP contribution in [0.3, 0.4) is 0 Å². The maximum Gasteiger partial charge on any atom is 0.220 e. The normalized spacial score (nSPS) is 18.2. The van der Waals surface area contributed by atoms with E-state index in [0.717, 1.165) is 37.6 Å². The van der Waals surface area contributed by atoms with Gasteiger partial charge in [-0.15, -0.1) is 0 Å². The van der Waals surface area contributed by atoms with Crippen LogP contribution in [0, 0.1) is 0 Å². The SMILES string of the molecule is CC(=O)N(Cc1ncc(C(C)C)o1)C1CCN(Cc2nccn2C)C1. The standard InChI is InChI=1S/C18H27N5O2/c1-13(2)16-9-20-18(25-16)12-23(14(3)24)15-5-7-22(10-15)11-17-19-6-8-21(17)4/h6,8-9,13,15H,5,7,10-12H2,1-4H3. The highest BCUT2D eigenvalue weighted by Crippen LogP contribution is 2.21. The number of amides is 1. The topological polar surface area (TPSA) is 67.4 Å². The Bertz CT molecular complexity index is 721. The highest BCUT2D eigenvalue weighted by molar-refractivity contribution is 5.73. The van der Waals surface area contributed by atoms with Gasteiger partial charge >= 0.3 is 0 Å². The lowest BCUT2D eigenvalue weighted by atomic mass is 10.2. The number of carbonyl (C=O) groups excluding carboxylic acids is 1. The molecule has 0 radical (unpaired) electrons. The number of aromatic nitrogens is 3. The van der Waals surface area contributed by atoms with Crippen molar-refractivity contribution in [2.45, 2.75) is 52.2 Å². The highest BCUT2D eigenvalue weighted by atomic mass is 16.4. The van der Waals surface area contributed by atoms with Crippen molar-refractivity contribution < 1.29 is 9.21 Å². The molecule has 0 aliphatic carbocycles. The van der Waals surface area contributed by atoms with Crippen molar-refractivity contribution in [3.8, 4) is 0 Å². The minimum absolute atomic E-state index is 0.0631. The minimum atomic E-state index is 0.0631. The molecule has 1 amide bonds. The van der Waals surface area contributed by atoms with Gasteiger partial charge in [0.2, 0.25) is 11.8 Å². The second-order valence-corrected chi connectivity index (χ2v) is 7.09. The molecule has 2 aromatic heterocycles. The third-order valence-corrected chi connectivity index (χ3v) is 4.82. The molecule has 1 aliphatic rings. The van der Waals surface area contributed by atoms with Gasteiger partial charge in [0.15, 0.2) is 0 Å². The molecular formula is C18H27N5O2. The third-order valence-electron chi connectivity index (χ3n) is 4.82. The first kappa shape index (κ1) is 17.7.